The van der Waals surface area contributed by atoms with Gasteiger partial charge in [0.2, 0.25) is 5.91 Å². The highest BCUT2D eigenvalue weighted by molar-refractivity contribution is 7.09. The third-order valence-corrected chi connectivity index (χ3v) is 6.65. The predicted octanol–water partition coefficient (Wildman–Crippen LogP) is 5.12. The van der Waals surface area contributed by atoms with Crippen LogP contribution < -0.4 is 0 Å². The number of carbonyl (C=O) groups excluding carboxylic acids is 1. The van der Waals surface area contributed by atoms with E-state index in [-0.39, 0.29) is 11.9 Å². The summed E-state index contributed by atoms with van der Waals surface area (Å²) in [6.07, 6.45) is 5.09. The maximum absolute atomic E-state index is 13.2. The van der Waals surface area contributed by atoms with Crippen LogP contribution in [-0.4, -0.2) is 27.3 Å². The molecular formula is C24H23N3OS. The van der Waals surface area contributed by atoms with Crippen molar-refractivity contribution in [1.29, 1.82) is 0 Å². The Balaban J connectivity index is 1.45. The summed E-state index contributed by atoms with van der Waals surface area (Å²) in [5, 5.41) is 3.35. The average Bonchev–Trinajstić information content (AvgIpc) is 3.41. The van der Waals surface area contributed by atoms with Gasteiger partial charge in [-0.05, 0) is 54.5 Å². The molecule has 1 atom stereocenters. The number of nitrogens with zero attached hydrogens (tertiary/aromatic N) is 2. The fourth-order valence-corrected chi connectivity index (χ4v) is 5.12. The topological polar surface area (TPSA) is 49.0 Å². The Morgan fingerprint density at radius 1 is 1.14 bits per heavy atom. The van der Waals surface area contributed by atoms with Gasteiger partial charge >= 0.3 is 0 Å². The first-order chi connectivity index (χ1) is 14.3. The molecule has 0 aliphatic carbocycles. The van der Waals surface area contributed by atoms with Crippen molar-refractivity contribution in [3.8, 4) is 0 Å². The van der Waals surface area contributed by atoms with Gasteiger partial charge in [0.25, 0.3) is 0 Å². The number of H-pyrrole nitrogens is 1. The van der Waals surface area contributed by atoms with Gasteiger partial charge < -0.3 is 9.88 Å². The smallest absolute Gasteiger partial charge is 0.223 e. The van der Waals surface area contributed by atoms with E-state index < -0.39 is 0 Å². The summed E-state index contributed by atoms with van der Waals surface area (Å²) >= 11 is 1.76. The third-order valence-electron chi connectivity index (χ3n) is 5.72. The van der Waals surface area contributed by atoms with Crippen molar-refractivity contribution < 1.29 is 4.79 Å². The molecule has 29 heavy (non-hydrogen) atoms. The summed E-state index contributed by atoms with van der Waals surface area (Å²) in [4.78, 5) is 24.8. The van der Waals surface area contributed by atoms with Gasteiger partial charge in [-0.25, -0.2) is 0 Å². The molecule has 146 valence electrons. The molecule has 1 aliphatic heterocycles. The lowest BCUT2D eigenvalue weighted by molar-refractivity contribution is -0.133. The fraction of sp³-hybridized carbons (Fsp3) is 0.250. The lowest BCUT2D eigenvalue weighted by Crippen LogP contribution is -2.40. The summed E-state index contributed by atoms with van der Waals surface area (Å²) < 4.78 is 0. The number of para-hydroxylation sites is 1. The highest BCUT2D eigenvalue weighted by atomic mass is 32.1. The second-order valence-electron chi connectivity index (χ2n) is 7.49. The quantitative estimate of drug-likeness (QED) is 0.504. The zero-order valence-corrected chi connectivity index (χ0v) is 17.0. The van der Waals surface area contributed by atoms with Crippen molar-refractivity contribution >= 4 is 28.1 Å². The molecule has 0 saturated heterocycles. The second-order valence-corrected chi connectivity index (χ2v) is 8.52. The van der Waals surface area contributed by atoms with Crippen LogP contribution in [0, 0.1) is 0 Å². The zero-order valence-electron chi connectivity index (χ0n) is 16.2. The van der Waals surface area contributed by atoms with Crippen molar-refractivity contribution in [2.45, 2.75) is 31.7 Å². The van der Waals surface area contributed by atoms with Gasteiger partial charge in [0.1, 0.15) is 6.04 Å². The zero-order chi connectivity index (χ0) is 19.6. The molecule has 1 aliphatic rings. The van der Waals surface area contributed by atoms with E-state index in [1.165, 1.54) is 15.8 Å². The molecule has 0 saturated carbocycles. The van der Waals surface area contributed by atoms with Crippen LogP contribution in [0.15, 0.2) is 66.2 Å². The maximum Gasteiger partial charge on any atom is 0.223 e. The first kappa shape index (κ1) is 18.1. The van der Waals surface area contributed by atoms with Crippen LogP contribution in [0.3, 0.4) is 0 Å². The lowest BCUT2D eigenvalue weighted by Gasteiger charge is -2.35. The van der Waals surface area contributed by atoms with E-state index in [4.69, 9.17) is 0 Å². The van der Waals surface area contributed by atoms with Gasteiger partial charge in [-0.3, -0.25) is 9.78 Å². The van der Waals surface area contributed by atoms with Gasteiger partial charge in [0.15, 0.2) is 0 Å². The molecule has 5 heteroatoms. The number of aromatic nitrogens is 2. The minimum Gasteiger partial charge on any atom is -0.356 e. The number of thiophene rings is 1. The summed E-state index contributed by atoms with van der Waals surface area (Å²) in [5.41, 5.74) is 4.48. The van der Waals surface area contributed by atoms with E-state index in [1.54, 1.807) is 11.3 Å². The Morgan fingerprint density at radius 2 is 2.03 bits per heavy atom. The monoisotopic (exact) mass is 401 g/mol. The molecule has 4 nitrogen and oxygen atoms in total. The number of hydrogen-bond acceptors (Lipinski definition) is 3. The highest BCUT2D eigenvalue weighted by Crippen LogP contribution is 2.38. The summed E-state index contributed by atoms with van der Waals surface area (Å²) in [7, 11) is 0. The van der Waals surface area contributed by atoms with E-state index >= 15 is 0 Å². The number of hydrogen-bond donors (Lipinski definition) is 1. The predicted molar refractivity (Wildman–Crippen MR) is 117 cm³/mol. The van der Waals surface area contributed by atoms with Crippen molar-refractivity contribution in [3.63, 3.8) is 0 Å². The van der Waals surface area contributed by atoms with Crippen LogP contribution in [0.25, 0.3) is 10.9 Å². The number of carbonyl (C=O) groups is 1. The van der Waals surface area contributed by atoms with E-state index in [2.05, 4.69) is 45.7 Å². The Bertz CT molecular complexity index is 1120. The molecule has 1 unspecified atom stereocenters. The Labute approximate surface area is 174 Å². The van der Waals surface area contributed by atoms with Crippen LogP contribution in [-0.2, 0) is 17.6 Å². The van der Waals surface area contributed by atoms with Gasteiger partial charge in [0.05, 0.1) is 5.69 Å². The summed E-state index contributed by atoms with van der Waals surface area (Å²) in [5.74, 6) is 0.210. The van der Waals surface area contributed by atoms with Crippen LogP contribution >= 0.6 is 11.3 Å². The lowest BCUT2D eigenvalue weighted by atomic mass is 9.94. The van der Waals surface area contributed by atoms with Crippen molar-refractivity contribution in [2.75, 3.05) is 6.54 Å². The van der Waals surface area contributed by atoms with Crippen LogP contribution in [0.5, 0.6) is 0 Å². The molecule has 1 aromatic carbocycles. The van der Waals surface area contributed by atoms with E-state index in [9.17, 15) is 4.79 Å². The molecule has 4 aromatic rings. The molecule has 0 radical (unpaired) electrons. The number of aromatic amines is 1. The first-order valence-corrected chi connectivity index (χ1v) is 11.0. The Hall–Kier alpha value is -2.92. The number of fused-ring (bicyclic) bond motifs is 3. The second kappa shape index (κ2) is 7.84. The number of aryl methyl sites for hydroxylation is 1. The first-order valence-electron chi connectivity index (χ1n) is 10.1. The molecule has 5 rings (SSSR count). The summed E-state index contributed by atoms with van der Waals surface area (Å²) in [6.45, 7) is 0.730. The highest BCUT2D eigenvalue weighted by Gasteiger charge is 2.34. The number of rotatable bonds is 5. The van der Waals surface area contributed by atoms with Crippen molar-refractivity contribution in [3.05, 3.63) is 88.0 Å². The Morgan fingerprint density at radius 3 is 2.86 bits per heavy atom. The SMILES string of the molecule is O=C(CCCc1cccs1)N1CCc2c([nH]c3ccccc23)C1c1ccccn1. The molecule has 1 N–H and O–H groups in total. The number of pyridine rings is 1. The van der Waals surface area contributed by atoms with E-state index in [0.717, 1.165) is 42.7 Å². The van der Waals surface area contributed by atoms with Crippen LogP contribution in [0.1, 0.15) is 40.7 Å². The molecular weight excluding hydrogens is 378 g/mol. The largest absolute Gasteiger partial charge is 0.356 e. The minimum absolute atomic E-state index is 0.151. The van der Waals surface area contributed by atoms with E-state index in [0.29, 0.717) is 6.42 Å². The van der Waals surface area contributed by atoms with Crippen molar-refractivity contribution in [2.24, 2.45) is 0 Å². The average molecular weight is 402 g/mol. The van der Waals surface area contributed by atoms with Gasteiger partial charge in [-0.15, -0.1) is 11.3 Å². The van der Waals surface area contributed by atoms with Gasteiger partial charge in [-0.1, -0.05) is 30.3 Å². The van der Waals surface area contributed by atoms with Gasteiger partial charge in [0, 0.05) is 40.6 Å². The molecule has 4 heterocycles. The molecule has 0 bridgehead atoms. The molecule has 0 spiro atoms. The molecule has 3 aromatic heterocycles. The number of benzene rings is 1. The van der Waals surface area contributed by atoms with Crippen LogP contribution in [0.4, 0.5) is 0 Å². The third kappa shape index (κ3) is 3.47. The number of nitrogens with one attached hydrogen (secondary N) is 1. The summed E-state index contributed by atoms with van der Waals surface area (Å²) in [6, 6.07) is 18.4. The standard InChI is InChI=1S/C24H23N3OS/c28-22(12-5-7-17-8-6-16-29-17)27-15-13-19-18-9-1-2-10-20(18)26-23(19)24(27)21-11-3-4-14-25-21/h1-4,6,8-11,14,16,24,26H,5,7,12-13,15H2. The van der Waals surface area contributed by atoms with Crippen molar-refractivity contribution in [1.82, 2.24) is 14.9 Å². The van der Waals surface area contributed by atoms with Gasteiger partial charge in [-0.2, -0.15) is 0 Å². The van der Waals surface area contributed by atoms with Crippen LogP contribution in [0.2, 0.25) is 0 Å². The normalized spacial score (nSPS) is 16.1. The van der Waals surface area contributed by atoms with E-state index in [1.807, 2.05) is 35.4 Å². The Kier molecular flexibility index (Phi) is 4.90. The number of amides is 1. The minimum atomic E-state index is -0.151. The molecule has 1 amide bonds. The molecule has 0 fully saturated rings. The fourth-order valence-electron chi connectivity index (χ4n) is 4.37. The maximum atomic E-state index is 13.2.